The number of benzene rings is 2. The Hall–Kier alpha value is -3.10. The molecule has 2 heterocycles. The molecule has 0 saturated carbocycles. The minimum atomic E-state index is 0.558. The van der Waals surface area contributed by atoms with E-state index in [2.05, 4.69) is 28.1 Å². The fourth-order valence-corrected chi connectivity index (χ4v) is 3.30. The lowest BCUT2D eigenvalue weighted by atomic mass is 10.1. The van der Waals surface area contributed by atoms with Gasteiger partial charge >= 0.3 is 0 Å². The van der Waals surface area contributed by atoms with Gasteiger partial charge in [-0.25, -0.2) is 4.98 Å². The van der Waals surface area contributed by atoms with E-state index >= 15 is 0 Å². The maximum Gasteiger partial charge on any atom is 0.151 e. The summed E-state index contributed by atoms with van der Waals surface area (Å²) in [6.07, 6.45) is 1.89. The molecule has 0 unspecified atom stereocenters. The lowest BCUT2D eigenvalue weighted by Gasteiger charge is -2.28. The summed E-state index contributed by atoms with van der Waals surface area (Å²) >= 11 is 0. The quantitative estimate of drug-likeness (QED) is 0.683. The molecule has 0 aliphatic carbocycles. The molecule has 0 spiro atoms. The van der Waals surface area contributed by atoms with Crippen LogP contribution in [0.4, 0.5) is 5.69 Å². The highest BCUT2D eigenvalue weighted by molar-refractivity contribution is 5.90. The Morgan fingerprint density at radius 2 is 1.85 bits per heavy atom. The number of rotatable bonds is 3. The summed E-state index contributed by atoms with van der Waals surface area (Å²) < 4.78 is 7.37. The molecule has 0 N–H and O–H groups in total. The molecule has 0 bridgehead atoms. The van der Waals surface area contributed by atoms with E-state index in [-0.39, 0.29) is 0 Å². The van der Waals surface area contributed by atoms with Crippen LogP contribution in [-0.2, 0) is 11.8 Å². The smallest absolute Gasteiger partial charge is 0.151 e. The van der Waals surface area contributed by atoms with Crippen molar-refractivity contribution in [3.63, 3.8) is 0 Å². The highest BCUT2D eigenvalue weighted by Gasteiger charge is 2.13. The Kier molecular flexibility index (Phi) is 4.42. The highest BCUT2D eigenvalue weighted by atomic mass is 16.5. The van der Waals surface area contributed by atoms with Crippen molar-refractivity contribution >= 4 is 28.4 Å². The van der Waals surface area contributed by atoms with Crippen LogP contribution in [0.5, 0.6) is 0 Å². The van der Waals surface area contributed by atoms with Gasteiger partial charge in [0.05, 0.1) is 29.8 Å². The molecule has 130 valence electrons. The predicted octanol–water partition coefficient (Wildman–Crippen LogP) is 3.47. The second kappa shape index (κ2) is 7.03. The zero-order chi connectivity index (χ0) is 17.9. The molecule has 4 rings (SSSR count). The van der Waals surface area contributed by atoms with Crippen LogP contribution in [0.3, 0.4) is 0 Å². The van der Waals surface area contributed by atoms with Gasteiger partial charge in [-0.05, 0) is 35.9 Å². The Morgan fingerprint density at radius 1 is 1.12 bits per heavy atom. The second-order valence-corrected chi connectivity index (χ2v) is 6.34. The lowest BCUT2D eigenvalue weighted by molar-refractivity contribution is 0.122. The van der Waals surface area contributed by atoms with Crippen molar-refractivity contribution < 1.29 is 4.74 Å². The number of aryl methyl sites for hydroxylation is 1. The monoisotopic (exact) mass is 344 g/mol. The van der Waals surface area contributed by atoms with Gasteiger partial charge in [-0.2, -0.15) is 5.26 Å². The van der Waals surface area contributed by atoms with E-state index in [0.29, 0.717) is 11.4 Å². The van der Waals surface area contributed by atoms with E-state index in [0.717, 1.165) is 42.9 Å². The summed E-state index contributed by atoms with van der Waals surface area (Å²) in [5, 5.41) is 9.66. The Morgan fingerprint density at radius 3 is 2.54 bits per heavy atom. The average Bonchev–Trinajstić information content (AvgIpc) is 3.04. The predicted molar refractivity (Wildman–Crippen MR) is 104 cm³/mol. The molecule has 1 saturated heterocycles. The molecule has 3 aromatic rings. The van der Waals surface area contributed by atoms with Gasteiger partial charge in [-0.1, -0.05) is 24.3 Å². The van der Waals surface area contributed by atoms with Crippen LogP contribution in [0.1, 0.15) is 11.4 Å². The van der Waals surface area contributed by atoms with Crippen molar-refractivity contribution in [3.05, 3.63) is 59.9 Å². The van der Waals surface area contributed by atoms with Crippen LogP contribution in [0.15, 0.2) is 48.5 Å². The Labute approximate surface area is 152 Å². The van der Waals surface area contributed by atoms with Crippen LogP contribution in [-0.4, -0.2) is 35.9 Å². The van der Waals surface area contributed by atoms with Gasteiger partial charge in [0.1, 0.15) is 6.07 Å². The second-order valence-electron chi connectivity index (χ2n) is 6.34. The van der Waals surface area contributed by atoms with Gasteiger partial charge in [0, 0.05) is 25.8 Å². The minimum Gasteiger partial charge on any atom is -0.378 e. The topological polar surface area (TPSA) is 54.1 Å². The van der Waals surface area contributed by atoms with E-state index in [4.69, 9.17) is 4.74 Å². The summed E-state index contributed by atoms with van der Waals surface area (Å²) in [5.41, 5.74) is 4.65. The number of nitrogens with zero attached hydrogens (tertiary/aromatic N) is 4. The van der Waals surface area contributed by atoms with Crippen LogP contribution in [0.25, 0.3) is 22.7 Å². The van der Waals surface area contributed by atoms with E-state index in [1.165, 1.54) is 5.69 Å². The zero-order valence-electron chi connectivity index (χ0n) is 14.7. The molecule has 1 fully saturated rings. The van der Waals surface area contributed by atoms with Crippen LogP contribution in [0.2, 0.25) is 0 Å². The first-order chi connectivity index (χ1) is 12.8. The molecular formula is C21H20N4O. The van der Waals surface area contributed by atoms with Gasteiger partial charge in [-0.3, -0.25) is 0 Å². The first kappa shape index (κ1) is 16.4. The molecule has 26 heavy (non-hydrogen) atoms. The van der Waals surface area contributed by atoms with Crippen molar-refractivity contribution in [3.8, 4) is 6.07 Å². The summed E-state index contributed by atoms with van der Waals surface area (Å²) in [5.74, 6) is 0.686. The highest BCUT2D eigenvalue weighted by Crippen LogP contribution is 2.23. The molecular weight excluding hydrogens is 324 g/mol. The number of hydrogen-bond acceptors (Lipinski definition) is 4. The molecule has 2 aromatic carbocycles. The number of nitriles is 1. The number of fused-ring (bicyclic) bond motifs is 1. The molecule has 1 aromatic heterocycles. The number of para-hydroxylation sites is 2. The third-order valence-electron chi connectivity index (χ3n) is 4.73. The average molecular weight is 344 g/mol. The maximum atomic E-state index is 9.66. The van der Waals surface area contributed by atoms with E-state index in [1.54, 1.807) is 0 Å². The van der Waals surface area contributed by atoms with Crippen molar-refractivity contribution in [2.45, 2.75) is 0 Å². The number of allylic oxidation sites excluding steroid dienone is 1. The first-order valence-corrected chi connectivity index (χ1v) is 8.72. The summed E-state index contributed by atoms with van der Waals surface area (Å²) in [4.78, 5) is 6.93. The van der Waals surface area contributed by atoms with Gasteiger partial charge in [0.15, 0.2) is 5.82 Å². The van der Waals surface area contributed by atoms with Crippen molar-refractivity contribution in [1.82, 2.24) is 9.55 Å². The largest absolute Gasteiger partial charge is 0.378 e. The number of anilines is 1. The van der Waals surface area contributed by atoms with Crippen LogP contribution >= 0.6 is 0 Å². The van der Waals surface area contributed by atoms with Gasteiger partial charge in [0.25, 0.3) is 0 Å². The Balaban J connectivity index is 1.64. The third kappa shape index (κ3) is 3.07. The SMILES string of the molecule is Cn1c(/C(C#N)=C/c2ccc(N3CCOCC3)cc2)nc2ccccc21. The molecule has 0 radical (unpaired) electrons. The third-order valence-corrected chi connectivity index (χ3v) is 4.73. The van der Waals surface area contributed by atoms with E-state index < -0.39 is 0 Å². The van der Waals surface area contributed by atoms with Crippen LogP contribution in [0, 0.1) is 11.3 Å². The number of aromatic nitrogens is 2. The van der Waals surface area contributed by atoms with Gasteiger partial charge in [-0.15, -0.1) is 0 Å². The molecule has 1 aliphatic heterocycles. The number of ether oxygens (including phenoxy) is 1. The lowest BCUT2D eigenvalue weighted by Crippen LogP contribution is -2.36. The summed E-state index contributed by atoms with van der Waals surface area (Å²) in [7, 11) is 1.94. The Bertz CT molecular complexity index is 989. The number of hydrogen-bond donors (Lipinski definition) is 0. The van der Waals surface area contributed by atoms with Crippen molar-refractivity contribution in [1.29, 1.82) is 5.26 Å². The number of imidazole rings is 1. The van der Waals surface area contributed by atoms with Crippen molar-refractivity contribution in [2.24, 2.45) is 7.05 Å². The standard InChI is InChI=1S/C21H20N4O/c1-24-20-5-3-2-4-19(20)23-21(24)17(15-22)14-16-6-8-18(9-7-16)25-10-12-26-13-11-25/h2-9,14H,10-13H2,1H3/b17-14+. The molecule has 0 atom stereocenters. The molecule has 5 nitrogen and oxygen atoms in total. The summed E-state index contributed by atoms with van der Waals surface area (Å²) in [6, 6.07) is 18.5. The van der Waals surface area contributed by atoms with Crippen molar-refractivity contribution in [2.75, 3.05) is 31.2 Å². The molecule has 5 heteroatoms. The normalized spacial score (nSPS) is 15.2. The maximum absolute atomic E-state index is 9.66. The fraction of sp³-hybridized carbons (Fsp3) is 0.238. The van der Waals surface area contributed by atoms with Gasteiger partial charge in [0.2, 0.25) is 0 Å². The zero-order valence-corrected chi connectivity index (χ0v) is 14.7. The fourth-order valence-electron chi connectivity index (χ4n) is 3.30. The minimum absolute atomic E-state index is 0.558. The van der Waals surface area contributed by atoms with E-state index in [1.807, 2.05) is 54.1 Å². The van der Waals surface area contributed by atoms with Gasteiger partial charge < -0.3 is 14.2 Å². The first-order valence-electron chi connectivity index (χ1n) is 8.72. The van der Waals surface area contributed by atoms with Crippen LogP contribution < -0.4 is 4.90 Å². The summed E-state index contributed by atoms with van der Waals surface area (Å²) in [6.45, 7) is 3.37. The number of morpholine rings is 1. The van der Waals surface area contributed by atoms with E-state index in [9.17, 15) is 5.26 Å². The molecule has 0 amide bonds. The molecule has 1 aliphatic rings.